The number of anilines is 1. The van der Waals surface area contributed by atoms with Crippen molar-refractivity contribution in [3.05, 3.63) is 95.5 Å². The lowest BCUT2D eigenvalue weighted by molar-refractivity contribution is -0.126. The van der Waals surface area contributed by atoms with Gasteiger partial charge in [0.2, 0.25) is 0 Å². The van der Waals surface area contributed by atoms with Crippen LogP contribution in [0.5, 0.6) is 0 Å². The highest BCUT2D eigenvalue weighted by Gasteiger charge is 2.12. The number of nitrogens with one attached hydrogen (secondary N) is 1. The van der Waals surface area contributed by atoms with Crippen molar-refractivity contribution < 1.29 is 9.53 Å². The van der Waals surface area contributed by atoms with Crippen molar-refractivity contribution in [2.24, 2.45) is 0 Å². The molecule has 0 atom stereocenters. The van der Waals surface area contributed by atoms with Gasteiger partial charge in [0.25, 0.3) is 5.91 Å². The number of carbonyl (C=O) groups is 1. The van der Waals surface area contributed by atoms with Gasteiger partial charge in [0.15, 0.2) is 0 Å². The second-order valence-electron chi connectivity index (χ2n) is 6.51. The minimum Gasteiger partial charge on any atom is -0.364 e. The monoisotopic (exact) mass is 403 g/mol. The van der Waals surface area contributed by atoms with E-state index in [1.807, 2.05) is 89.9 Å². The molecule has 29 heavy (non-hydrogen) atoms. The lowest BCUT2D eigenvalue weighted by Crippen LogP contribution is -2.43. The number of para-hydroxylation sites is 2. The molecule has 0 aliphatic heterocycles. The van der Waals surface area contributed by atoms with E-state index in [-0.39, 0.29) is 12.5 Å². The molecule has 4 rings (SSSR count). The Balaban J connectivity index is 1.35. The van der Waals surface area contributed by atoms with Gasteiger partial charge in [-0.3, -0.25) is 15.2 Å². The van der Waals surface area contributed by atoms with Gasteiger partial charge in [-0.25, -0.2) is 4.98 Å². The molecular formula is C23H21N3O2S. The fourth-order valence-corrected chi connectivity index (χ4v) is 3.87. The molecule has 6 heteroatoms. The van der Waals surface area contributed by atoms with Crippen LogP contribution in [0.15, 0.2) is 84.9 Å². The van der Waals surface area contributed by atoms with E-state index < -0.39 is 0 Å². The van der Waals surface area contributed by atoms with Crippen LogP contribution < -0.4 is 10.4 Å². The minimum atomic E-state index is -0.203. The molecule has 5 nitrogen and oxygen atoms in total. The molecule has 0 saturated carbocycles. The predicted molar refractivity (Wildman–Crippen MR) is 116 cm³/mol. The number of hydrogen-bond donors (Lipinski definition) is 1. The Hall–Kier alpha value is -3.22. The summed E-state index contributed by atoms with van der Waals surface area (Å²) in [7, 11) is 0. The third-order valence-corrected chi connectivity index (χ3v) is 5.32. The third-order valence-electron chi connectivity index (χ3n) is 4.31. The first-order chi connectivity index (χ1) is 14.3. The zero-order chi connectivity index (χ0) is 19.9. The van der Waals surface area contributed by atoms with Gasteiger partial charge in [0.1, 0.15) is 11.6 Å². The van der Waals surface area contributed by atoms with Gasteiger partial charge < -0.3 is 4.74 Å². The third kappa shape index (κ3) is 5.19. The molecule has 1 N–H and O–H groups in total. The SMILES string of the molecule is O=C(COCc1nc2ccccc2s1)NN(Cc1ccccc1)c1ccccc1. The molecule has 0 bridgehead atoms. The van der Waals surface area contributed by atoms with Crippen molar-refractivity contribution in [3.63, 3.8) is 0 Å². The Morgan fingerprint density at radius 2 is 1.62 bits per heavy atom. The number of carbonyl (C=O) groups excluding carboxylic acids is 1. The van der Waals surface area contributed by atoms with Gasteiger partial charge in [0.05, 0.1) is 29.1 Å². The molecule has 0 saturated heterocycles. The van der Waals surface area contributed by atoms with Crippen LogP contribution in [0.3, 0.4) is 0 Å². The Morgan fingerprint density at radius 3 is 2.38 bits per heavy atom. The fraction of sp³-hybridized carbons (Fsp3) is 0.130. The Labute approximate surface area is 173 Å². The molecule has 0 spiro atoms. The molecular weight excluding hydrogens is 382 g/mol. The van der Waals surface area contributed by atoms with Gasteiger partial charge in [-0.05, 0) is 29.8 Å². The van der Waals surface area contributed by atoms with Crippen molar-refractivity contribution in [1.82, 2.24) is 10.4 Å². The van der Waals surface area contributed by atoms with Gasteiger partial charge in [-0.15, -0.1) is 11.3 Å². The summed E-state index contributed by atoms with van der Waals surface area (Å²) in [4.78, 5) is 17.0. The van der Waals surface area contributed by atoms with Crippen LogP contribution in [-0.4, -0.2) is 17.5 Å². The largest absolute Gasteiger partial charge is 0.364 e. The molecule has 1 amide bonds. The summed E-state index contributed by atoms with van der Waals surface area (Å²) < 4.78 is 6.73. The number of aromatic nitrogens is 1. The van der Waals surface area contributed by atoms with Crippen molar-refractivity contribution >= 4 is 33.1 Å². The Bertz CT molecular complexity index is 1030. The molecule has 1 heterocycles. The molecule has 0 aliphatic carbocycles. The van der Waals surface area contributed by atoms with Crippen LogP contribution in [-0.2, 0) is 22.7 Å². The Kier molecular flexibility index (Phi) is 6.14. The van der Waals surface area contributed by atoms with Gasteiger partial charge in [0, 0.05) is 0 Å². The topological polar surface area (TPSA) is 54.5 Å². The van der Waals surface area contributed by atoms with Crippen LogP contribution in [0.1, 0.15) is 10.6 Å². The standard InChI is InChI=1S/C23H21N3O2S/c27-22(16-28-17-23-24-20-13-7-8-14-21(20)29-23)25-26(19-11-5-2-6-12-19)15-18-9-3-1-4-10-18/h1-14H,15-17H2,(H,25,27). The van der Waals surface area contributed by atoms with E-state index in [1.165, 1.54) is 0 Å². The zero-order valence-corrected chi connectivity index (χ0v) is 16.6. The molecule has 0 radical (unpaired) electrons. The number of rotatable bonds is 8. The molecule has 1 aromatic heterocycles. The summed E-state index contributed by atoms with van der Waals surface area (Å²) in [5.41, 5.74) is 5.92. The van der Waals surface area contributed by atoms with Crippen LogP contribution >= 0.6 is 11.3 Å². The summed E-state index contributed by atoms with van der Waals surface area (Å²) in [6.07, 6.45) is 0. The smallest absolute Gasteiger partial charge is 0.264 e. The van der Waals surface area contributed by atoms with Crippen LogP contribution in [0.25, 0.3) is 10.2 Å². The second-order valence-corrected chi connectivity index (χ2v) is 7.63. The highest BCUT2D eigenvalue weighted by atomic mass is 32.1. The van der Waals surface area contributed by atoms with Crippen molar-refractivity contribution in [2.45, 2.75) is 13.2 Å². The normalized spacial score (nSPS) is 10.8. The number of benzene rings is 3. The van der Waals surface area contributed by atoms with E-state index in [1.54, 1.807) is 11.3 Å². The average Bonchev–Trinajstić information content (AvgIpc) is 3.17. The summed E-state index contributed by atoms with van der Waals surface area (Å²) >= 11 is 1.58. The predicted octanol–water partition coefficient (Wildman–Crippen LogP) is 4.55. The van der Waals surface area contributed by atoms with E-state index in [0.717, 1.165) is 26.5 Å². The van der Waals surface area contributed by atoms with E-state index in [4.69, 9.17) is 4.74 Å². The van der Waals surface area contributed by atoms with E-state index >= 15 is 0 Å². The van der Waals surface area contributed by atoms with Gasteiger partial charge in [-0.1, -0.05) is 60.7 Å². The first-order valence-electron chi connectivity index (χ1n) is 9.36. The summed E-state index contributed by atoms with van der Waals surface area (Å²) in [5, 5.41) is 2.70. The molecule has 146 valence electrons. The maximum atomic E-state index is 12.5. The Morgan fingerprint density at radius 1 is 0.931 bits per heavy atom. The van der Waals surface area contributed by atoms with Crippen molar-refractivity contribution in [1.29, 1.82) is 0 Å². The quantitative estimate of drug-likeness (QED) is 0.439. The van der Waals surface area contributed by atoms with Gasteiger partial charge >= 0.3 is 0 Å². The van der Waals surface area contributed by atoms with Crippen LogP contribution in [0.2, 0.25) is 0 Å². The highest BCUT2D eigenvalue weighted by Crippen LogP contribution is 2.22. The number of nitrogens with zero attached hydrogens (tertiary/aromatic N) is 2. The van der Waals surface area contributed by atoms with Crippen LogP contribution in [0.4, 0.5) is 5.69 Å². The van der Waals surface area contributed by atoms with Crippen LogP contribution in [0, 0.1) is 0 Å². The second kappa shape index (κ2) is 9.32. The molecule has 3 aromatic carbocycles. The fourth-order valence-electron chi connectivity index (χ4n) is 2.96. The lowest BCUT2D eigenvalue weighted by atomic mass is 10.2. The average molecular weight is 404 g/mol. The number of hydrazine groups is 1. The van der Waals surface area contributed by atoms with E-state index in [9.17, 15) is 4.79 Å². The highest BCUT2D eigenvalue weighted by molar-refractivity contribution is 7.18. The maximum absolute atomic E-state index is 12.5. The number of ether oxygens (including phenoxy) is 1. The van der Waals surface area contributed by atoms with Crippen molar-refractivity contribution in [2.75, 3.05) is 11.6 Å². The maximum Gasteiger partial charge on any atom is 0.264 e. The first kappa shape index (κ1) is 19.1. The van der Waals surface area contributed by atoms with E-state index in [2.05, 4.69) is 10.4 Å². The minimum absolute atomic E-state index is 0.0337. The molecule has 0 aliphatic rings. The molecule has 0 fully saturated rings. The number of hydrogen-bond acceptors (Lipinski definition) is 5. The zero-order valence-electron chi connectivity index (χ0n) is 15.8. The summed E-state index contributed by atoms with van der Waals surface area (Å²) in [5.74, 6) is -0.203. The van der Waals surface area contributed by atoms with E-state index in [0.29, 0.717) is 13.2 Å². The van der Waals surface area contributed by atoms with Crippen molar-refractivity contribution in [3.8, 4) is 0 Å². The lowest BCUT2D eigenvalue weighted by Gasteiger charge is -2.25. The first-order valence-corrected chi connectivity index (χ1v) is 10.2. The number of thiazole rings is 1. The molecule has 4 aromatic rings. The summed E-state index contributed by atoms with van der Waals surface area (Å²) in [6.45, 7) is 0.847. The number of amides is 1. The number of fused-ring (bicyclic) bond motifs is 1. The molecule has 0 unspecified atom stereocenters. The summed E-state index contributed by atoms with van der Waals surface area (Å²) in [6, 6.07) is 27.8. The van der Waals surface area contributed by atoms with Gasteiger partial charge in [-0.2, -0.15) is 0 Å².